The van der Waals surface area contributed by atoms with Crippen molar-refractivity contribution in [1.29, 1.82) is 5.26 Å². The van der Waals surface area contributed by atoms with Gasteiger partial charge in [0.05, 0.1) is 22.4 Å². The Hall–Kier alpha value is -2.64. The van der Waals surface area contributed by atoms with E-state index in [9.17, 15) is 5.26 Å². The molecule has 0 bridgehead atoms. The normalized spacial score (nSPS) is 11.6. The molecule has 4 heteroatoms. The molecule has 1 heterocycles. The highest BCUT2D eigenvalue weighted by Gasteiger charge is 2.08. The second kappa shape index (κ2) is 13.7. The number of ether oxygens (including phenoxy) is 1. The van der Waals surface area contributed by atoms with Crippen molar-refractivity contribution in [2.24, 2.45) is 0 Å². The molecule has 0 atom stereocenters. The SMILES string of the molecule is CCCCCCCCCCCCOc1ccc(/C=C(/C#N)c2nc3ccccc3s2)cc1. The molecule has 0 aliphatic carbocycles. The van der Waals surface area contributed by atoms with E-state index in [1.807, 2.05) is 54.6 Å². The minimum absolute atomic E-state index is 0.588. The summed E-state index contributed by atoms with van der Waals surface area (Å²) in [5.41, 5.74) is 2.50. The zero-order chi connectivity index (χ0) is 22.4. The lowest BCUT2D eigenvalue weighted by atomic mass is 10.1. The predicted molar refractivity (Wildman–Crippen MR) is 137 cm³/mol. The standard InChI is InChI=1S/C28H34N2OS/c1-2-3-4-5-6-7-8-9-10-13-20-31-25-18-16-23(17-19-25)21-24(22-29)28-30-26-14-11-12-15-27(26)32-28/h11-12,14-19,21H,2-10,13,20H2,1H3/b24-21-. The molecule has 0 saturated heterocycles. The van der Waals surface area contributed by atoms with Crippen LogP contribution in [0.1, 0.15) is 81.7 Å². The average molecular weight is 447 g/mol. The first-order chi connectivity index (χ1) is 15.8. The van der Waals surface area contributed by atoms with Crippen LogP contribution in [0.4, 0.5) is 0 Å². The molecular weight excluding hydrogens is 412 g/mol. The fourth-order valence-electron chi connectivity index (χ4n) is 3.74. The number of rotatable bonds is 14. The molecule has 3 aromatic rings. The summed E-state index contributed by atoms with van der Waals surface area (Å²) in [6.45, 7) is 3.03. The van der Waals surface area contributed by atoms with Crippen LogP contribution in [-0.4, -0.2) is 11.6 Å². The first-order valence-electron chi connectivity index (χ1n) is 12.0. The van der Waals surface area contributed by atoms with Gasteiger partial charge >= 0.3 is 0 Å². The molecule has 2 aromatic carbocycles. The van der Waals surface area contributed by atoms with Gasteiger partial charge in [-0.2, -0.15) is 5.26 Å². The van der Waals surface area contributed by atoms with Gasteiger partial charge in [0.15, 0.2) is 0 Å². The Bertz CT molecular complexity index is 981. The summed E-state index contributed by atoms with van der Waals surface area (Å²) in [6, 6.07) is 18.2. The lowest BCUT2D eigenvalue weighted by Gasteiger charge is -2.07. The Morgan fingerprint density at radius 1 is 0.906 bits per heavy atom. The van der Waals surface area contributed by atoms with Crippen molar-refractivity contribution in [1.82, 2.24) is 4.98 Å². The zero-order valence-corrected chi connectivity index (χ0v) is 20.0. The van der Waals surface area contributed by atoms with Gasteiger partial charge in [-0.3, -0.25) is 0 Å². The number of thiazole rings is 1. The summed E-state index contributed by atoms with van der Waals surface area (Å²) < 4.78 is 6.99. The second-order valence-electron chi connectivity index (χ2n) is 8.26. The second-order valence-corrected chi connectivity index (χ2v) is 9.29. The molecule has 32 heavy (non-hydrogen) atoms. The maximum Gasteiger partial charge on any atom is 0.135 e. The molecule has 3 rings (SSSR count). The van der Waals surface area contributed by atoms with E-state index in [2.05, 4.69) is 18.0 Å². The van der Waals surface area contributed by atoms with E-state index in [-0.39, 0.29) is 0 Å². The van der Waals surface area contributed by atoms with Crippen LogP contribution < -0.4 is 4.74 Å². The monoisotopic (exact) mass is 446 g/mol. The van der Waals surface area contributed by atoms with Crippen LogP contribution in [0.25, 0.3) is 21.9 Å². The lowest BCUT2D eigenvalue weighted by Crippen LogP contribution is -1.97. The highest BCUT2D eigenvalue weighted by molar-refractivity contribution is 7.19. The molecular formula is C28H34N2OS. The number of fused-ring (bicyclic) bond motifs is 1. The maximum atomic E-state index is 9.61. The van der Waals surface area contributed by atoms with Gasteiger partial charge in [0.25, 0.3) is 0 Å². The number of nitrogens with zero attached hydrogens (tertiary/aromatic N) is 2. The number of benzene rings is 2. The highest BCUT2D eigenvalue weighted by atomic mass is 32.1. The lowest BCUT2D eigenvalue weighted by molar-refractivity contribution is 0.304. The van der Waals surface area contributed by atoms with Crippen molar-refractivity contribution in [3.63, 3.8) is 0 Å². The molecule has 0 spiro atoms. The number of hydrogen-bond donors (Lipinski definition) is 0. The van der Waals surface area contributed by atoms with E-state index < -0.39 is 0 Å². The van der Waals surface area contributed by atoms with Crippen molar-refractivity contribution < 1.29 is 4.74 Å². The minimum Gasteiger partial charge on any atom is -0.494 e. The summed E-state index contributed by atoms with van der Waals surface area (Å²) in [6.07, 6.45) is 15.2. The first-order valence-corrected chi connectivity index (χ1v) is 12.8. The number of para-hydroxylation sites is 1. The fourth-order valence-corrected chi connectivity index (χ4v) is 4.67. The van der Waals surface area contributed by atoms with Crippen molar-refractivity contribution in [2.45, 2.75) is 71.1 Å². The van der Waals surface area contributed by atoms with Gasteiger partial charge in [0.2, 0.25) is 0 Å². The van der Waals surface area contributed by atoms with Crippen LogP contribution in [-0.2, 0) is 0 Å². The van der Waals surface area contributed by atoms with Gasteiger partial charge in [-0.05, 0) is 42.3 Å². The summed E-state index contributed by atoms with van der Waals surface area (Å²) in [7, 11) is 0. The molecule has 0 saturated carbocycles. The largest absolute Gasteiger partial charge is 0.494 e. The molecule has 1 aromatic heterocycles. The number of unbranched alkanes of at least 4 members (excludes halogenated alkanes) is 9. The summed E-state index contributed by atoms with van der Waals surface area (Å²) >= 11 is 1.55. The van der Waals surface area contributed by atoms with Crippen LogP contribution in [0.3, 0.4) is 0 Å². The Kier molecular flexibility index (Phi) is 10.3. The van der Waals surface area contributed by atoms with Gasteiger partial charge in [0.1, 0.15) is 16.8 Å². The van der Waals surface area contributed by atoms with Crippen LogP contribution in [0, 0.1) is 11.3 Å². The third-order valence-corrected chi connectivity index (χ3v) is 6.67. The van der Waals surface area contributed by atoms with E-state index in [1.54, 1.807) is 11.3 Å². The average Bonchev–Trinajstić information content (AvgIpc) is 3.26. The van der Waals surface area contributed by atoms with Gasteiger partial charge in [-0.1, -0.05) is 89.0 Å². The molecule has 0 amide bonds. The van der Waals surface area contributed by atoms with E-state index in [4.69, 9.17) is 4.74 Å². The fraction of sp³-hybridized carbons (Fsp3) is 0.429. The van der Waals surface area contributed by atoms with E-state index in [0.717, 1.165) is 39.6 Å². The minimum atomic E-state index is 0.588. The Labute approximate surface area is 196 Å². The third kappa shape index (κ3) is 7.80. The van der Waals surface area contributed by atoms with Crippen LogP contribution in [0.15, 0.2) is 48.5 Å². The molecule has 0 radical (unpaired) electrons. The van der Waals surface area contributed by atoms with Gasteiger partial charge in [0, 0.05) is 0 Å². The molecule has 0 fully saturated rings. The van der Waals surface area contributed by atoms with E-state index >= 15 is 0 Å². The molecule has 0 aliphatic heterocycles. The van der Waals surface area contributed by atoms with Gasteiger partial charge < -0.3 is 4.74 Å². The first kappa shape index (κ1) is 24.0. The smallest absolute Gasteiger partial charge is 0.135 e. The number of hydrogen-bond acceptors (Lipinski definition) is 4. The van der Waals surface area contributed by atoms with Crippen molar-refractivity contribution in [2.75, 3.05) is 6.61 Å². The third-order valence-electron chi connectivity index (χ3n) is 5.60. The number of aromatic nitrogens is 1. The van der Waals surface area contributed by atoms with Crippen LogP contribution in [0.2, 0.25) is 0 Å². The molecule has 0 aliphatic rings. The van der Waals surface area contributed by atoms with Gasteiger partial charge in [-0.15, -0.1) is 11.3 Å². The van der Waals surface area contributed by atoms with Crippen molar-refractivity contribution >= 4 is 33.2 Å². The Morgan fingerprint density at radius 3 is 2.22 bits per heavy atom. The van der Waals surface area contributed by atoms with E-state index in [1.165, 1.54) is 57.8 Å². The summed E-state index contributed by atoms with van der Waals surface area (Å²) in [4.78, 5) is 4.59. The van der Waals surface area contributed by atoms with Crippen LogP contribution >= 0.6 is 11.3 Å². The molecule has 168 valence electrons. The highest BCUT2D eigenvalue weighted by Crippen LogP contribution is 2.28. The number of allylic oxidation sites excluding steroid dienone is 1. The summed E-state index contributed by atoms with van der Waals surface area (Å²) in [5.74, 6) is 0.886. The number of nitriles is 1. The quantitative estimate of drug-likeness (QED) is 0.184. The molecule has 0 unspecified atom stereocenters. The van der Waals surface area contributed by atoms with E-state index in [0.29, 0.717) is 5.57 Å². The van der Waals surface area contributed by atoms with Gasteiger partial charge in [-0.25, -0.2) is 4.98 Å². The zero-order valence-electron chi connectivity index (χ0n) is 19.2. The van der Waals surface area contributed by atoms with Crippen molar-refractivity contribution in [3.8, 4) is 11.8 Å². The summed E-state index contributed by atoms with van der Waals surface area (Å²) in [5, 5.41) is 10.4. The molecule has 0 N–H and O–H groups in total. The topological polar surface area (TPSA) is 45.9 Å². The molecule has 3 nitrogen and oxygen atoms in total. The Balaban J connectivity index is 1.38. The Morgan fingerprint density at radius 2 is 1.56 bits per heavy atom. The predicted octanol–water partition coefficient (Wildman–Crippen LogP) is 8.66. The van der Waals surface area contributed by atoms with Crippen LogP contribution in [0.5, 0.6) is 5.75 Å². The van der Waals surface area contributed by atoms with Crippen molar-refractivity contribution in [3.05, 3.63) is 59.1 Å². The maximum absolute atomic E-state index is 9.61.